The van der Waals surface area contributed by atoms with E-state index >= 15 is 0 Å². The number of hydrogen-bond acceptors (Lipinski definition) is 4. The number of aromatic carboxylic acids is 1. The van der Waals surface area contributed by atoms with E-state index < -0.39 is 5.97 Å². The normalized spacial score (nSPS) is 15.2. The van der Waals surface area contributed by atoms with Gasteiger partial charge in [-0.25, -0.2) is 4.79 Å². The van der Waals surface area contributed by atoms with Gasteiger partial charge >= 0.3 is 5.97 Å². The number of rotatable bonds is 3. The van der Waals surface area contributed by atoms with Crippen molar-refractivity contribution in [2.24, 2.45) is 0 Å². The van der Waals surface area contributed by atoms with E-state index in [0.717, 1.165) is 11.3 Å². The number of ether oxygens (including phenoxy) is 1. The zero-order valence-corrected chi connectivity index (χ0v) is 11.2. The summed E-state index contributed by atoms with van der Waals surface area (Å²) >= 11 is 1.05. The first-order valence-corrected chi connectivity index (χ1v) is 6.53. The van der Waals surface area contributed by atoms with Crippen LogP contribution in [-0.2, 0) is 4.79 Å². The number of carboxylic acid groups (broad SMARTS) is 1. The number of amides is 1. The van der Waals surface area contributed by atoms with Crippen molar-refractivity contribution in [2.45, 2.75) is 0 Å². The third-order valence-corrected chi connectivity index (χ3v) is 3.99. The monoisotopic (exact) mass is 290 g/mol. The van der Waals surface area contributed by atoms with Gasteiger partial charge in [0.05, 0.1) is 18.4 Å². The molecule has 1 aliphatic heterocycles. The number of methoxy groups -OCH3 is 1. The first kappa shape index (κ1) is 12.5. The summed E-state index contributed by atoms with van der Waals surface area (Å²) in [4.78, 5) is 26.1. The first-order valence-electron chi connectivity index (χ1n) is 5.72. The van der Waals surface area contributed by atoms with Gasteiger partial charge in [0.25, 0.3) is 5.91 Å². The fourth-order valence-corrected chi connectivity index (χ4v) is 2.94. The molecule has 1 amide bonds. The summed E-state index contributed by atoms with van der Waals surface area (Å²) in [7, 11) is 1.54. The molecule has 0 unspecified atom stereocenters. The number of nitrogens with one attached hydrogen (secondary N) is 2. The van der Waals surface area contributed by atoms with Gasteiger partial charge in [-0.05, 0) is 18.2 Å². The minimum Gasteiger partial charge on any atom is -0.495 e. The number of carbonyl (C=O) groups excluding carboxylic acids is 1. The average molecular weight is 290 g/mol. The number of aromatic nitrogens is 1. The molecule has 0 spiro atoms. The van der Waals surface area contributed by atoms with Gasteiger partial charge < -0.3 is 20.1 Å². The van der Waals surface area contributed by atoms with Crippen LogP contribution in [-0.4, -0.2) is 29.1 Å². The summed E-state index contributed by atoms with van der Waals surface area (Å²) in [5, 5.41) is 12.2. The minimum atomic E-state index is -1.00. The van der Waals surface area contributed by atoms with E-state index in [0.29, 0.717) is 27.6 Å². The number of thiophene rings is 1. The maximum Gasteiger partial charge on any atom is 0.345 e. The zero-order chi connectivity index (χ0) is 14.3. The summed E-state index contributed by atoms with van der Waals surface area (Å²) in [5.41, 5.74) is 1.69. The molecule has 3 heterocycles. The van der Waals surface area contributed by atoms with Crippen molar-refractivity contribution in [3.63, 3.8) is 0 Å². The largest absolute Gasteiger partial charge is 0.495 e. The number of fused-ring (bicyclic) bond motifs is 1. The summed E-state index contributed by atoms with van der Waals surface area (Å²) in [6, 6.07) is 3.25. The molecular weight excluding hydrogens is 280 g/mol. The van der Waals surface area contributed by atoms with Crippen LogP contribution in [0.15, 0.2) is 18.3 Å². The number of H-pyrrole nitrogens is 1. The van der Waals surface area contributed by atoms with Crippen LogP contribution in [0.25, 0.3) is 11.6 Å². The summed E-state index contributed by atoms with van der Waals surface area (Å²) in [6.07, 6.45) is 3.35. The Morgan fingerprint density at radius 2 is 2.30 bits per heavy atom. The van der Waals surface area contributed by atoms with Crippen LogP contribution in [0, 0.1) is 0 Å². The summed E-state index contributed by atoms with van der Waals surface area (Å²) in [5.74, 6) is -0.636. The molecule has 0 saturated heterocycles. The van der Waals surface area contributed by atoms with Crippen molar-refractivity contribution in [2.75, 3.05) is 12.4 Å². The highest BCUT2D eigenvalue weighted by atomic mass is 32.1. The molecule has 2 aromatic rings. The van der Waals surface area contributed by atoms with Gasteiger partial charge in [-0.15, -0.1) is 11.3 Å². The van der Waals surface area contributed by atoms with Gasteiger partial charge in [0.1, 0.15) is 15.6 Å². The fourth-order valence-electron chi connectivity index (χ4n) is 2.03. The van der Waals surface area contributed by atoms with Crippen molar-refractivity contribution in [3.8, 4) is 5.75 Å². The molecule has 0 aliphatic carbocycles. The van der Waals surface area contributed by atoms with Crippen LogP contribution in [0.4, 0.5) is 5.00 Å². The average Bonchev–Trinajstić information content (AvgIpc) is 3.06. The molecule has 3 rings (SSSR count). The lowest BCUT2D eigenvalue weighted by Crippen LogP contribution is -2.04. The number of aromatic amines is 1. The number of anilines is 1. The third-order valence-electron chi connectivity index (χ3n) is 2.95. The molecule has 0 fully saturated rings. The van der Waals surface area contributed by atoms with Gasteiger partial charge in [0.15, 0.2) is 0 Å². The lowest BCUT2D eigenvalue weighted by molar-refractivity contribution is -0.110. The van der Waals surface area contributed by atoms with Gasteiger partial charge in [0, 0.05) is 11.8 Å². The maximum atomic E-state index is 11.9. The Hall–Kier alpha value is -2.54. The zero-order valence-electron chi connectivity index (χ0n) is 10.4. The van der Waals surface area contributed by atoms with Crippen molar-refractivity contribution in [1.82, 2.24) is 4.98 Å². The predicted octanol–water partition coefficient (Wildman–Crippen LogP) is 2.28. The smallest absolute Gasteiger partial charge is 0.345 e. The van der Waals surface area contributed by atoms with E-state index in [2.05, 4.69) is 10.3 Å². The Kier molecular flexibility index (Phi) is 2.83. The van der Waals surface area contributed by atoms with Gasteiger partial charge in [-0.1, -0.05) is 0 Å². The molecule has 102 valence electrons. The van der Waals surface area contributed by atoms with E-state index in [4.69, 9.17) is 9.84 Å². The van der Waals surface area contributed by atoms with Gasteiger partial charge in [0.2, 0.25) is 0 Å². The van der Waals surface area contributed by atoms with Gasteiger partial charge in [-0.2, -0.15) is 0 Å². The lowest BCUT2D eigenvalue weighted by Gasteiger charge is -1.99. The maximum absolute atomic E-state index is 11.9. The molecule has 1 aliphatic rings. The van der Waals surface area contributed by atoms with Gasteiger partial charge in [-0.3, -0.25) is 4.79 Å². The molecule has 7 heteroatoms. The molecule has 2 aromatic heterocycles. The topological polar surface area (TPSA) is 91.4 Å². The van der Waals surface area contributed by atoms with E-state index in [-0.39, 0.29) is 10.8 Å². The molecular formula is C13H10N2O4S. The van der Waals surface area contributed by atoms with E-state index in [1.54, 1.807) is 25.4 Å². The molecule has 6 nitrogen and oxygen atoms in total. The van der Waals surface area contributed by atoms with Crippen LogP contribution >= 0.6 is 11.3 Å². The number of carbonyl (C=O) groups is 2. The molecule has 0 bridgehead atoms. The standard InChI is InChI=1S/C13H10N2O4S/c1-19-9-2-3-14-8(9)4-6-7-5-10(13(17)18)20-12(7)15-11(6)16/h2-5,14H,1H3,(H,15,16)(H,17,18). The number of carboxylic acids is 1. The molecule has 3 N–H and O–H groups in total. The second-order valence-corrected chi connectivity index (χ2v) is 5.18. The highest BCUT2D eigenvalue weighted by Gasteiger charge is 2.28. The first-order chi connectivity index (χ1) is 9.60. The Morgan fingerprint density at radius 1 is 1.50 bits per heavy atom. The van der Waals surface area contributed by atoms with Crippen molar-refractivity contribution >= 4 is 39.9 Å². The third kappa shape index (κ3) is 1.88. The van der Waals surface area contributed by atoms with Crippen LogP contribution in [0.3, 0.4) is 0 Å². The Morgan fingerprint density at radius 3 is 3.00 bits per heavy atom. The van der Waals surface area contributed by atoms with Crippen LogP contribution < -0.4 is 10.1 Å². The quantitative estimate of drug-likeness (QED) is 0.756. The highest BCUT2D eigenvalue weighted by Crippen LogP contribution is 2.40. The van der Waals surface area contributed by atoms with E-state index in [1.165, 1.54) is 6.07 Å². The second kappa shape index (κ2) is 4.53. The Balaban J connectivity index is 2.07. The molecule has 20 heavy (non-hydrogen) atoms. The van der Waals surface area contributed by atoms with Crippen LogP contribution in [0.5, 0.6) is 5.75 Å². The second-order valence-electron chi connectivity index (χ2n) is 4.13. The minimum absolute atomic E-state index is 0.194. The van der Waals surface area contributed by atoms with E-state index in [1.807, 2.05) is 0 Å². The van der Waals surface area contributed by atoms with Crippen molar-refractivity contribution in [3.05, 3.63) is 34.5 Å². The molecule has 0 saturated carbocycles. The summed E-state index contributed by atoms with van der Waals surface area (Å²) < 4.78 is 5.16. The van der Waals surface area contributed by atoms with E-state index in [9.17, 15) is 9.59 Å². The predicted molar refractivity (Wildman–Crippen MR) is 75.1 cm³/mol. The van der Waals surface area contributed by atoms with Crippen molar-refractivity contribution < 1.29 is 19.4 Å². The fraction of sp³-hybridized carbons (Fsp3) is 0.0769. The molecule has 0 aromatic carbocycles. The summed E-state index contributed by atoms with van der Waals surface area (Å²) in [6.45, 7) is 0. The highest BCUT2D eigenvalue weighted by molar-refractivity contribution is 7.18. The van der Waals surface area contributed by atoms with Crippen LogP contribution in [0.1, 0.15) is 20.9 Å². The van der Waals surface area contributed by atoms with Crippen LogP contribution in [0.2, 0.25) is 0 Å². The lowest BCUT2D eigenvalue weighted by atomic mass is 10.1. The Labute approximate surface area is 117 Å². The SMILES string of the molecule is COc1cc[nH]c1C=C1C(=O)Nc2sc(C(=O)O)cc21. The molecule has 0 atom stereocenters. The number of hydrogen-bond donors (Lipinski definition) is 3. The Bertz CT molecular complexity index is 741. The molecule has 0 radical (unpaired) electrons. The van der Waals surface area contributed by atoms with Crippen molar-refractivity contribution in [1.29, 1.82) is 0 Å².